The molecule has 6 rings (SSSR count). The number of nitrogens with one attached hydrogen (secondary N) is 1. The molecule has 0 saturated heterocycles. The molecule has 3 aliphatic rings. The highest BCUT2D eigenvalue weighted by Gasteiger charge is 2.46. The standard InChI is InChI=1S/C29H28N2O2/c1-17-18(2)31(22-10-5-4-6-11-22)24-14-19-9-7-8-12-23(19)26-25-21(16-33-3)13-20(15-32)29(25)30-28(17)27(24)26/h4-14,20,25,29-30,32H,2,15-16H2,1,3H3. The molecule has 1 aliphatic carbocycles. The van der Waals surface area contributed by atoms with Crippen molar-refractivity contribution in [3.63, 3.8) is 0 Å². The Morgan fingerprint density at radius 2 is 1.85 bits per heavy atom. The molecule has 4 heteroatoms. The summed E-state index contributed by atoms with van der Waals surface area (Å²) in [6.45, 7) is 7.32. The van der Waals surface area contributed by atoms with Crippen LogP contribution < -0.4 is 10.2 Å². The first-order valence-corrected chi connectivity index (χ1v) is 11.5. The van der Waals surface area contributed by atoms with E-state index >= 15 is 0 Å². The van der Waals surface area contributed by atoms with Crippen molar-refractivity contribution in [1.29, 1.82) is 0 Å². The predicted octanol–water partition coefficient (Wildman–Crippen LogP) is 5.49. The van der Waals surface area contributed by atoms with Crippen molar-refractivity contribution in [3.05, 3.63) is 101 Å². The van der Waals surface area contributed by atoms with Crippen LogP contribution in [0.15, 0.2) is 90.2 Å². The highest BCUT2D eigenvalue weighted by atomic mass is 16.5. The van der Waals surface area contributed by atoms with E-state index in [-0.39, 0.29) is 24.5 Å². The second kappa shape index (κ2) is 7.62. The van der Waals surface area contributed by atoms with Crippen molar-refractivity contribution in [2.45, 2.75) is 18.9 Å². The van der Waals surface area contributed by atoms with Gasteiger partial charge in [-0.2, -0.15) is 0 Å². The molecule has 2 N–H and O–H groups in total. The quantitative estimate of drug-likeness (QED) is 0.531. The molecular weight excluding hydrogens is 408 g/mol. The van der Waals surface area contributed by atoms with Gasteiger partial charge in [0.25, 0.3) is 0 Å². The van der Waals surface area contributed by atoms with Gasteiger partial charge in [-0.15, -0.1) is 0 Å². The minimum absolute atomic E-state index is 0.0384. The van der Waals surface area contributed by atoms with E-state index < -0.39 is 0 Å². The van der Waals surface area contributed by atoms with Crippen LogP contribution in [0.25, 0.3) is 16.5 Å². The van der Waals surface area contributed by atoms with E-state index in [1.54, 1.807) is 7.11 Å². The molecule has 4 nitrogen and oxygen atoms in total. The number of benzene rings is 3. The van der Waals surface area contributed by atoms with Gasteiger partial charge in [0.1, 0.15) is 0 Å². The lowest BCUT2D eigenvalue weighted by Gasteiger charge is -2.44. The normalized spacial score (nSPS) is 23.4. The molecule has 3 atom stereocenters. The smallest absolute Gasteiger partial charge is 0.0679 e. The average Bonchev–Trinajstić information content (AvgIpc) is 3.20. The van der Waals surface area contributed by atoms with Gasteiger partial charge in [0.05, 0.1) is 18.9 Å². The molecule has 0 amide bonds. The number of methoxy groups -OCH3 is 1. The molecule has 0 aromatic heterocycles. The van der Waals surface area contributed by atoms with E-state index in [2.05, 4.69) is 84.4 Å². The molecule has 3 aromatic rings. The predicted molar refractivity (Wildman–Crippen MR) is 134 cm³/mol. The number of aliphatic hydroxyl groups excluding tert-OH is 1. The Bertz CT molecular complexity index is 1340. The lowest BCUT2D eigenvalue weighted by atomic mass is 9.75. The summed E-state index contributed by atoms with van der Waals surface area (Å²) in [7, 11) is 1.74. The highest BCUT2D eigenvalue weighted by Crippen LogP contribution is 2.55. The van der Waals surface area contributed by atoms with E-state index in [0.29, 0.717) is 6.61 Å². The summed E-state index contributed by atoms with van der Waals surface area (Å²) in [6, 6.07) is 21.5. The number of para-hydroxylation sites is 1. The molecule has 0 spiro atoms. The lowest BCUT2D eigenvalue weighted by molar-refractivity contribution is 0.215. The van der Waals surface area contributed by atoms with Gasteiger partial charge in [0.2, 0.25) is 0 Å². The monoisotopic (exact) mass is 436 g/mol. The molecule has 3 unspecified atom stereocenters. The van der Waals surface area contributed by atoms with Crippen LogP contribution >= 0.6 is 0 Å². The number of ether oxygens (including phenoxy) is 1. The Balaban J connectivity index is 1.70. The highest BCUT2D eigenvalue weighted by molar-refractivity contribution is 6.02. The van der Waals surface area contributed by atoms with Crippen LogP contribution in [0.4, 0.5) is 11.4 Å². The maximum absolute atomic E-state index is 10.2. The van der Waals surface area contributed by atoms with Crippen molar-refractivity contribution < 1.29 is 9.84 Å². The van der Waals surface area contributed by atoms with Gasteiger partial charge < -0.3 is 20.1 Å². The summed E-state index contributed by atoms with van der Waals surface area (Å²) in [4.78, 5) is 2.28. The molecule has 0 radical (unpaired) electrons. The van der Waals surface area contributed by atoms with E-state index in [1.165, 1.54) is 27.5 Å². The Hall–Kier alpha value is -3.34. The number of anilines is 2. The van der Waals surface area contributed by atoms with Crippen molar-refractivity contribution >= 4 is 27.8 Å². The number of aliphatic hydroxyl groups is 1. The second-order valence-electron chi connectivity index (χ2n) is 9.19. The van der Waals surface area contributed by atoms with Crippen LogP contribution in [-0.4, -0.2) is 31.5 Å². The first-order chi connectivity index (χ1) is 16.1. The Morgan fingerprint density at radius 1 is 1.09 bits per heavy atom. The third kappa shape index (κ3) is 2.84. The molecule has 33 heavy (non-hydrogen) atoms. The summed E-state index contributed by atoms with van der Waals surface area (Å²) >= 11 is 0. The minimum Gasteiger partial charge on any atom is -0.396 e. The van der Waals surface area contributed by atoms with Crippen LogP contribution in [0.2, 0.25) is 0 Å². The number of rotatable bonds is 4. The van der Waals surface area contributed by atoms with Crippen molar-refractivity contribution in [2.75, 3.05) is 25.2 Å². The molecule has 0 saturated carbocycles. The summed E-state index contributed by atoms with van der Waals surface area (Å²) < 4.78 is 5.61. The summed E-state index contributed by atoms with van der Waals surface area (Å²) in [5.41, 5.74) is 9.30. The lowest BCUT2D eigenvalue weighted by Crippen LogP contribution is -2.44. The largest absolute Gasteiger partial charge is 0.396 e. The molecule has 2 heterocycles. The third-order valence-electron chi connectivity index (χ3n) is 7.44. The Morgan fingerprint density at radius 3 is 2.61 bits per heavy atom. The maximum Gasteiger partial charge on any atom is 0.0679 e. The van der Waals surface area contributed by atoms with Crippen LogP contribution in [0.1, 0.15) is 24.0 Å². The first-order valence-electron chi connectivity index (χ1n) is 11.5. The summed E-state index contributed by atoms with van der Waals surface area (Å²) in [5.74, 6) is 0.180. The fourth-order valence-electron chi connectivity index (χ4n) is 5.97. The van der Waals surface area contributed by atoms with Crippen LogP contribution in [0.5, 0.6) is 0 Å². The van der Waals surface area contributed by atoms with Crippen molar-refractivity contribution in [2.24, 2.45) is 5.92 Å². The van der Waals surface area contributed by atoms with Gasteiger partial charge in [-0.05, 0) is 52.6 Å². The zero-order chi connectivity index (χ0) is 22.7. The minimum atomic E-state index is 0.0384. The first kappa shape index (κ1) is 20.3. The van der Waals surface area contributed by atoms with Crippen LogP contribution in [0, 0.1) is 5.92 Å². The van der Waals surface area contributed by atoms with Gasteiger partial charge in [0, 0.05) is 47.6 Å². The molecular formula is C29H28N2O2. The van der Waals surface area contributed by atoms with E-state index in [0.717, 1.165) is 28.3 Å². The van der Waals surface area contributed by atoms with E-state index in [9.17, 15) is 5.11 Å². The van der Waals surface area contributed by atoms with E-state index in [1.807, 2.05) is 6.07 Å². The van der Waals surface area contributed by atoms with Gasteiger partial charge in [0.15, 0.2) is 0 Å². The second-order valence-corrected chi connectivity index (χ2v) is 9.19. The van der Waals surface area contributed by atoms with Gasteiger partial charge in [-0.25, -0.2) is 0 Å². The fraction of sp³-hybridized carbons (Fsp3) is 0.241. The number of allylic oxidation sites excluding steroid dienone is 1. The summed E-state index contributed by atoms with van der Waals surface area (Å²) in [5, 5.41) is 16.5. The fourth-order valence-corrected chi connectivity index (χ4v) is 5.97. The average molecular weight is 437 g/mol. The zero-order valence-electron chi connectivity index (χ0n) is 19.0. The Kier molecular flexibility index (Phi) is 4.68. The molecule has 3 aromatic carbocycles. The topological polar surface area (TPSA) is 44.7 Å². The molecule has 2 aliphatic heterocycles. The van der Waals surface area contributed by atoms with Gasteiger partial charge in [-0.3, -0.25) is 0 Å². The van der Waals surface area contributed by atoms with Crippen LogP contribution in [-0.2, 0) is 4.74 Å². The van der Waals surface area contributed by atoms with Crippen molar-refractivity contribution in [3.8, 4) is 0 Å². The molecule has 0 fully saturated rings. The third-order valence-corrected chi connectivity index (χ3v) is 7.44. The number of fused-ring (bicyclic) bond motifs is 4. The number of hydrogen-bond acceptors (Lipinski definition) is 4. The summed E-state index contributed by atoms with van der Waals surface area (Å²) in [6.07, 6.45) is 2.22. The molecule has 0 bridgehead atoms. The SMILES string of the molecule is C=C1C(C)=C2NC3C(CO)C=C(COC)C3c3c2c(cc2ccccc32)N1c1ccccc1. The zero-order valence-corrected chi connectivity index (χ0v) is 19.0. The van der Waals surface area contributed by atoms with Crippen molar-refractivity contribution in [1.82, 2.24) is 5.32 Å². The number of hydrogen-bond donors (Lipinski definition) is 2. The maximum atomic E-state index is 10.2. The number of nitrogens with zero attached hydrogens (tertiary/aromatic N) is 1. The Labute approximate surface area is 194 Å². The van der Waals surface area contributed by atoms with Gasteiger partial charge in [-0.1, -0.05) is 55.1 Å². The molecule has 166 valence electrons. The van der Waals surface area contributed by atoms with Gasteiger partial charge >= 0.3 is 0 Å². The van der Waals surface area contributed by atoms with Crippen LogP contribution in [0.3, 0.4) is 0 Å². The van der Waals surface area contributed by atoms with E-state index in [4.69, 9.17) is 4.74 Å².